The first-order valence-corrected chi connectivity index (χ1v) is 9.06. The minimum Gasteiger partial charge on any atom is -0.354 e. The van der Waals surface area contributed by atoms with Crippen LogP contribution < -0.4 is 5.32 Å². The van der Waals surface area contributed by atoms with Crippen molar-refractivity contribution in [3.8, 4) is 0 Å². The number of nitrogens with zero attached hydrogens (tertiary/aromatic N) is 2. The maximum atomic E-state index is 12.0. The lowest BCUT2D eigenvalue weighted by atomic mass is 10.2. The molecular weight excluding hydrogens is 342 g/mol. The van der Waals surface area contributed by atoms with Gasteiger partial charge in [0.25, 0.3) is 0 Å². The predicted octanol–water partition coefficient (Wildman–Crippen LogP) is 1.40. The third-order valence-electron chi connectivity index (χ3n) is 3.60. The second-order valence-electron chi connectivity index (χ2n) is 5.64. The van der Waals surface area contributed by atoms with Crippen molar-refractivity contribution < 1.29 is 19.2 Å². The number of amides is 5. The Morgan fingerprint density at radius 1 is 1.08 bits per heavy atom. The smallest absolute Gasteiger partial charge is 0.334 e. The third-order valence-corrected chi connectivity index (χ3v) is 4.61. The van der Waals surface area contributed by atoms with Crippen molar-refractivity contribution in [1.82, 2.24) is 15.1 Å². The second-order valence-corrected chi connectivity index (χ2v) is 6.81. The number of rotatable bonds is 8. The summed E-state index contributed by atoms with van der Waals surface area (Å²) in [5, 5.41) is 2.66. The molecule has 0 spiro atoms. The molecule has 0 saturated carbocycles. The topological polar surface area (TPSA) is 86.8 Å². The van der Waals surface area contributed by atoms with Crippen LogP contribution in [0.4, 0.5) is 4.79 Å². The molecule has 1 heterocycles. The first-order chi connectivity index (χ1) is 11.9. The van der Waals surface area contributed by atoms with Gasteiger partial charge in [-0.15, -0.1) is 11.8 Å². The fourth-order valence-electron chi connectivity index (χ4n) is 2.30. The Bertz CT molecular complexity index is 675. The van der Waals surface area contributed by atoms with Gasteiger partial charge in [0.1, 0.15) is 6.54 Å². The van der Waals surface area contributed by atoms with E-state index in [0.717, 1.165) is 9.80 Å². The van der Waals surface area contributed by atoms with Crippen LogP contribution in [0, 0.1) is 6.92 Å². The van der Waals surface area contributed by atoms with E-state index < -0.39 is 30.3 Å². The van der Waals surface area contributed by atoms with Gasteiger partial charge in [0.15, 0.2) is 0 Å². The van der Waals surface area contributed by atoms with Crippen LogP contribution in [0.5, 0.6) is 0 Å². The monoisotopic (exact) mass is 363 g/mol. The normalized spacial score (nSPS) is 14.4. The highest BCUT2D eigenvalue weighted by Crippen LogP contribution is 2.17. The number of benzene rings is 1. The van der Waals surface area contributed by atoms with E-state index in [0.29, 0.717) is 23.6 Å². The molecule has 134 valence electrons. The molecule has 0 aromatic heterocycles. The summed E-state index contributed by atoms with van der Waals surface area (Å²) >= 11 is 1.60. The van der Waals surface area contributed by atoms with Crippen molar-refractivity contribution in [2.75, 3.05) is 25.4 Å². The zero-order chi connectivity index (χ0) is 18.4. The molecule has 0 radical (unpaired) electrons. The van der Waals surface area contributed by atoms with Gasteiger partial charge < -0.3 is 5.32 Å². The minimum absolute atomic E-state index is 0.175. The van der Waals surface area contributed by atoms with E-state index in [9.17, 15) is 19.2 Å². The molecule has 1 saturated heterocycles. The highest BCUT2D eigenvalue weighted by molar-refractivity contribution is 7.99. The molecule has 2 rings (SSSR count). The first kappa shape index (κ1) is 19.0. The van der Waals surface area contributed by atoms with Crippen LogP contribution in [0.15, 0.2) is 29.2 Å². The molecule has 1 aliphatic rings. The summed E-state index contributed by atoms with van der Waals surface area (Å²) < 4.78 is 0. The summed E-state index contributed by atoms with van der Waals surface area (Å²) in [5.41, 5.74) is 1.18. The molecule has 25 heavy (non-hydrogen) atoms. The van der Waals surface area contributed by atoms with E-state index in [1.54, 1.807) is 18.7 Å². The van der Waals surface area contributed by atoms with Gasteiger partial charge >= 0.3 is 17.8 Å². The van der Waals surface area contributed by atoms with E-state index in [-0.39, 0.29) is 6.54 Å². The Balaban J connectivity index is 1.76. The molecule has 0 bridgehead atoms. The quantitative estimate of drug-likeness (QED) is 0.327. The van der Waals surface area contributed by atoms with Gasteiger partial charge in [-0.2, -0.15) is 0 Å². The molecule has 0 atom stereocenters. The van der Waals surface area contributed by atoms with Crippen molar-refractivity contribution in [1.29, 1.82) is 0 Å². The summed E-state index contributed by atoms with van der Waals surface area (Å²) in [6.07, 6.45) is 0.557. The molecule has 1 aromatic carbocycles. The molecule has 1 aromatic rings. The maximum Gasteiger partial charge on any atom is 0.334 e. The van der Waals surface area contributed by atoms with Crippen molar-refractivity contribution in [3.63, 3.8) is 0 Å². The van der Waals surface area contributed by atoms with Gasteiger partial charge in [0.05, 0.1) is 0 Å². The molecular formula is C17H21N3O4S. The Hall–Kier alpha value is -2.35. The van der Waals surface area contributed by atoms with Crippen LogP contribution >= 0.6 is 11.8 Å². The van der Waals surface area contributed by atoms with Crippen molar-refractivity contribution in [2.45, 2.75) is 25.2 Å². The molecule has 0 unspecified atom stereocenters. The fourth-order valence-corrected chi connectivity index (χ4v) is 3.07. The maximum absolute atomic E-state index is 12.0. The van der Waals surface area contributed by atoms with Crippen molar-refractivity contribution >= 4 is 35.5 Å². The lowest BCUT2D eigenvalue weighted by Crippen LogP contribution is -2.42. The van der Waals surface area contributed by atoms with Crippen LogP contribution in [0.3, 0.4) is 0 Å². The Morgan fingerprint density at radius 2 is 1.72 bits per heavy atom. The summed E-state index contributed by atoms with van der Waals surface area (Å²) in [4.78, 5) is 50.1. The number of hydrogen-bond acceptors (Lipinski definition) is 5. The average molecular weight is 363 g/mol. The number of carbonyl (C=O) groups is 4. The zero-order valence-corrected chi connectivity index (χ0v) is 15.1. The molecule has 1 aliphatic heterocycles. The van der Waals surface area contributed by atoms with Crippen LogP contribution in [-0.2, 0) is 14.4 Å². The van der Waals surface area contributed by atoms with E-state index in [1.807, 2.05) is 31.2 Å². The Labute approximate surface area is 150 Å². The van der Waals surface area contributed by atoms with Gasteiger partial charge in [0.2, 0.25) is 5.91 Å². The highest BCUT2D eigenvalue weighted by atomic mass is 32.2. The summed E-state index contributed by atoms with van der Waals surface area (Å²) in [6, 6.07) is 7.34. The average Bonchev–Trinajstić information content (AvgIpc) is 2.78. The van der Waals surface area contributed by atoms with E-state index >= 15 is 0 Å². The number of thioether (sulfide) groups is 1. The Kier molecular flexibility index (Phi) is 6.58. The summed E-state index contributed by atoms with van der Waals surface area (Å²) in [7, 11) is 0. The molecule has 7 nitrogen and oxygen atoms in total. The van der Waals surface area contributed by atoms with Crippen molar-refractivity contribution in [3.05, 3.63) is 29.8 Å². The van der Waals surface area contributed by atoms with Gasteiger partial charge in [-0.25, -0.2) is 9.69 Å². The molecule has 1 fully saturated rings. The van der Waals surface area contributed by atoms with Gasteiger partial charge in [0, 0.05) is 23.7 Å². The number of carbonyl (C=O) groups excluding carboxylic acids is 4. The zero-order valence-electron chi connectivity index (χ0n) is 14.3. The van der Waals surface area contributed by atoms with Gasteiger partial charge in [-0.1, -0.05) is 24.6 Å². The number of imide groups is 2. The van der Waals surface area contributed by atoms with Gasteiger partial charge in [-0.3, -0.25) is 19.3 Å². The van der Waals surface area contributed by atoms with Crippen LogP contribution in [0.2, 0.25) is 0 Å². The van der Waals surface area contributed by atoms with Crippen LogP contribution in [0.1, 0.15) is 18.9 Å². The lowest BCUT2D eigenvalue weighted by Gasteiger charge is -2.14. The lowest BCUT2D eigenvalue weighted by molar-refractivity contribution is -0.144. The number of aryl methyl sites for hydroxylation is 1. The van der Waals surface area contributed by atoms with Crippen LogP contribution in [0.25, 0.3) is 0 Å². The van der Waals surface area contributed by atoms with Gasteiger partial charge in [-0.05, 0) is 25.5 Å². The highest BCUT2D eigenvalue weighted by Gasteiger charge is 2.44. The number of urea groups is 1. The molecule has 8 heteroatoms. The van der Waals surface area contributed by atoms with Crippen molar-refractivity contribution in [2.24, 2.45) is 0 Å². The minimum atomic E-state index is -0.942. The second kappa shape index (κ2) is 8.66. The van der Waals surface area contributed by atoms with Crippen LogP contribution in [-0.4, -0.2) is 58.9 Å². The number of hydrogen-bond donors (Lipinski definition) is 1. The van der Waals surface area contributed by atoms with E-state index in [4.69, 9.17) is 0 Å². The standard InChI is InChI=1S/C17H21N3O4S/c1-3-9-19-15(22)16(23)20(17(19)24)11-14(21)18-8-10-25-13-6-4-12(2)5-7-13/h4-7H,3,8-11H2,1-2H3,(H,18,21). The predicted molar refractivity (Wildman–Crippen MR) is 94.0 cm³/mol. The number of nitrogens with one attached hydrogen (secondary N) is 1. The molecule has 1 N–H and O–H groups in total. The third kappa shape index (κ3) is 4.82. The van der Waals surface area contributed by atoms with E-state index in [1.165, 1.54) is 5.56 Å². The molecule has 0 aliphatic carbocycles. The Morgan fingerprint density at radius 3 is 2.36 bits per heavy atom. The SMILES string of the molecule is CCCN1C(=O)C(=O)N(CC(=O)NCCSc2ccc(C)cc2)C1=O. The first-order valence-electron chi connectivity index (χ1n) is 8.07. The molecule has 5 amide bonds. The summed E-state index contributed by atoms with van der Waals surface area (Å²) in [5.74, 6) is -1.60. The largest absolute Gasteiger partial charge is 0.354 e. The van der Waals surface area contributed by atoms with E-state index in [2.05, 4.69) is 5.32 Å². The summed E-state index contributed by atoms with van der Waals surface area (Å²) in [6.45, 7) is 3.96. The fraction of sp³-hybridized carbons (Fsp3) is 0.412.